The lowest BCUT2D eigenvalue weighted by Crippen LogP contribution is -2.21. The number of halogens is 5. The monoisotopic (exact) mass is 485 g/mol. The standard InChI is InChI=1S/C21H16Cl2F3N3OS/c22-13-7-9-14(10-8-13)31-16-4-2-1-3-15(16)27-17(30)11-29-19(12-5-6-12)18(23)20(28-29)21(24,25)26/h1-4,7-10,12H,5-6,11H2,(H,27,30). The largest absolute Gasteiger partial charge is 0.436 e. The lowest BCUT2D eigenvalue weighted by Gasteiger charge is -2.12. The third kappa shape index (κ3) is 5.19. The van der Waals surface area contributed by atoms with Crippen LogP contribution in [0.3, 0.4) is 0 Å². The summed E-state index contributed by atoms with van der Waals surface area (Å²) in [6.45, 7) is -0.360. The van der Waals surface area contributed by atoms with Crippen LogP contribution in [0.25, 0.3) is 0 Å². The van der Waals surface area contributed by atoms with Gasteiger partial charge < -0.3 is 5.32 Å². The van der Waals surface area contributed by atoms with Crippen molar-refractivity contribution in [2.45, 2.75) is 41.3 Å². The molecule has 31 heavy (non-hydrogen) atoms. The van der Waals surface area contributed by atoms with E-state index in [1.165, 1.54) is 11.8 Å². The third-order valence-electron chi connectivity index (χ3n) is 4.66. The molecule has 4 rings (SSSR count). The summed E-state index contributed by atoms with van der Waals surface area (Å²) in [6.07, 6.45) is -3.22. The Hall–Kier alpha value is -2.16. The van der Waals surface area contributed by atoms with Gasteiger partial charge in [-0.3, -0.25) is 9.48 Å². The van der Waals surface area contributed by atoms with E-state index in [-0.39, 0.29) is 18.2 Å². The molecule has 162 valence electrons. The Morgan fingerprint density at radius 2 is 1.81 bits per heavy atom. The predicted octanol–water partition coefficient (Wildman–Crippen LogP) is 6.88. The molecule has 0 atom stereocenters. The van der Waals surface area contributed by atoms with Crippen molar-refractivity contribution in [1.29, 1.82) is 0 Å². The smallest absolute Gasteiger partial charge is 0.323 e. The first-order valence-electron chi connectivity index (χ1n) is 9.38. The van der Waals surface area contributed by atoms with E-state index in [4.69, 9.17) is 23.2 Å². The van der Waals surface area contributed by atoms with Crippen LogP contribution in [0, 0.1) is 0 Å². The van der Waals surface area contributed by atoms with Crippen molar-refractivity contribution in [2.75, 3.05) is 5.32 Å². The molecule has 0 radical (unpaired) electrons. The lowest BCUT2D eigenvalue weighted by atomic mass is 10.2. The summed E-state index contributed by atoms with van der Waals surface area (Å²) in [5, 5.41) is 6.58. The summed E-state index contributed by atoms with van der Waals surface area (Å²) in [7, 11) is 0. The summed E-state index contributed by atoms with van der Waals surface area (Å²) >= 11 is 13.3. The van der Waals surface area contributed by atoms with Gasteiger partial charge in [-0.2, -0.15) is 18.3 Å². The Morgan fingerprint density at radius 1 is 1.13 bits per heavy atom. The van der Waals surface area contributed by atoms with E-state index in [1.807, 2.05) is 24.3 Å². The zero-order valence-corrected chi connectivity index (χ0v) is 18.2. The molecule has 1 saturated carbocycles. The second-order valence-electron chi connectivity index (χ2n) is 7.08. The number of alkyl halides is 3. The maximum atomic E-state index is 13.2. The van der Waals surface area contributed by atoms with Gasteiger partial charge in [0.1, 0.15) is 6.54 Å². The topological polar surface area (TPSA) is 46.9 Å². The van der Waals surface area contributed by atoms with Crippen LogP contribution < -0.4 is 5.32 Å². The molecule has 0 aliphatic heterocycles. The van der Waals surface area contributed by atoms with Gasteiger partial charge in [0.05, 0.1) is 16.4 Å². The number of hydrogen-bond donors (Lipinski definition) is 1. The number of para-hydroxylation sites is 1. The van der Waals surface area contributed by atoms with Gasteiger partial charge in [0.15, 0.2) is 5.69 Å². The second-order valence-corrected chi connectivity index (χ2v) is 9.01. The quantitative estimate of drug-likeness (QED) is 0.414. The first-order valence-corrected chi connectivity index (χ1v) is 11.0. The van der Waals surface area contributed by atoms with Crippen LogP contribution in [0.4, 0.5) is 18.9 Å². The Morgan fingerprint density at radius 3 is 2.45 bits per heavy atom. The summed E-state index contributed by atoms with van der Waals surface area (Å²) in [4.78, 5) is 14.4. The molecule has 1 N–H and O–H groups in total. The SMILES string of the molecule is O=C(Cn1nc(C(F)(F)F)c(Cl)c1C1CC1)Nc1ccccc1Sc1ccc(Cl)cc1. The van der Waals surface area contributed by atoms with Crippen LogP contribution in [0.5, 0.6) is 0 Å². The number of nitrogens with zero attached hydrogens (tertiary/aromatic N) is 2. The van der Waals surface area contributed by atoms with Crippen LogP contribution >= 0.6 is 35.0 Å². The molecule has 1 aliphatic rings. The van der Waals surface area contributed by atoms with Gasteiger partial charge in [0.25, 0.3) is 0 Å². The highest BCUT2D eigenvalue weighted by Crippen LogP contribution is 2.47. The fourth-order valence-corrected chi connectivity index (χ4v) is 4.54. The van der Waals surface area contributed by atoms with E-state index in [0.717, 1.165) is 27.3 Å². The van der Waals surface area contributed by atoms with Crippen LogP contribution in [0.1, 0.15) is 30.1 Å². The average molecular weight is 486 g/mol. The van der Waals surface area contributed by atoms with Gasteiger partial charge >= 0.3 is 6.18 Å². The predicted molar refractivity (Wildman–Crippen MR) is 115 cm³/mol. The zero-order valence-electron chi connectivity index (χ0n) is 15.9. The Bertz CT molecular complexity index is 1110. The number of anilines is 1. The van der Waals surface area contributed by atoms with Gasteiger partial charge in [0.2, 0.25) is 5.91 Å². The number of aromatic nitrogens is 2. The van der Waals surface area contributed by atoms with E-state index in [9.17, 15) is 18.0 Å². The Kier molecular flexibility index (Phi) is 6.23. The molecular formula is C21H16Cl2F3N3OS. The lowest BCUT2D eigenvalue weighted by molar-refractivity contribution is -0.141. The number of carbonyl (C=O) groups is 1. The molecule has 2 aromatic carbocycles. The average Bonchev–Trinajstić information content (AvgIpc) is 3.48. The van der Waals surface area contributed by atoms with Crippen LogP contribution in [-0.4, -0.2) is 15.7 Å². The highest BCUT2D eigenvalue weighted by Gasteiger charge is 2.42. The molecule has 0 saturated heterocycles. The first kappa shape index (κ1) is 22.0. The molecule has 0 spiro atoms. The minimum Gasteiger partial charge on any atom is -0.323 e. The van der Waals surface area contributed by atoms with E-state index in [2.05, 4.69) is 10.4 Å². The molecule has 1 amide bonds. The van der Waals surface area contributed by atoms with Crippen molar-refractivity contribution in [3.05, 3.63) is 70.0 Å². The molecule has 4 nitrogen and oxygen atoms in total. The first-order chi connectivity index (χ1) is 14.7. The van der Waals surface area contributed by atoms with Crippen molar-refractivity contribution in [2.24, 2.45) is 0 Å². The van der Waals surface area contributed by atoms with E-state index >= 15 is 0 Å². The molecule has 1 heterocycles. The van der Waals surface area contributed by atoms with Crippen molar-refractivity contribution in [3.8, 4) is 0 Å². The Balaban J connectivity index is 1.53. The number of carbonyl (C=O) groups excluding carboxylic acids is 1. The number of nitrogens with one attached hydrogen (secondary N) is 1. The number of amides is 1. The van der Waals surface area contributed by atoms with Crippen molar-refractivity contribution < 1.29 is 18.0 Å². The number of benzene rings is 2. The summed E-state index contributed by atoms with van der Waals surface area (Å²) in [5.41, 5.74) is -0.328. The van der Waals surface area contributed by atoms with E-state index < -0.39 is 22.8 Å². The second kappa shape index (κ2) is 8.76. The number of hydrogen-bond acceptors (Lipinski definition) is 3. The van der Waals surface area contributed by atoms with Crippen LogP contribution in [0.2, 0.25) is 10.0 Å². The highest BCUT2D eigenvalue weighted by molar-refractivity contribution is 7.99. The fourth-order valence-electron chi connectivity index (χ4n) is 3.12. The highest BCUT2D eigenvalue weighted by atomic mass is 35.5. The van der Waals surface area contributed by atoms with Crippen molar-refractivity contribution in [1.82, 2.24) is 9.78 Å². The maximum absolute atomic E-state index is 13.2. The molecule has 1 aliphatic carbocycles. The van der Waals surface area contributed by atoms with E-state index in [0.29, 0.717) is 10.7 Å². The van der Waals surface area contributed by atoms with Crippen molar-refractivity contribution in [3.63, 3.8) is 0 Å². The summed E-state index contributed by atoms with van der Waals surface area (Å²) in [5.74, 6) is -0.587. The molecule has 1 aromatic heterocycles. The molecule has 1 fully saturated rings. The van der Waals surface area contributed by atoms with Crippen LogP contribution in [0.15, 0.2) is 58.3 Å². The molecule has 0 bridgehead atoms. The summed E-state index contributed by atoms with van der Waals surface area (Å²) < 4.78 is 40.7. The van der Waals surface area contributed by atoms with Gasteiger partial charge in [-0.25, -0.2) is 0 Å². The van der Waals surface area contributed by atoms with Gasteiger partial charge in [-0.05, 0) is 49.2 Å². The normalized spacial score (nSPS) is 14.0. The molecule has 3 aromatic rings. The minimum absolute atomic E-state index is 0.100. The van der Waals surface area contributed by atoms with Gasteiger partial charge in [0, 0.05) is 20.7 Å². The Labute approximate surface area is 190 Å². The molecular weight excluding hydrogens is 470 g/mol. The third-order valence-corrected chi connectivity index (χ3v) is 6.37. The fraction of sp³-hybridized carbons (Fsp3) is 0.238. The van der Waals surface area contributed by atoms with Crippen LogP contribution in [-0.2, 0) is 17.5 Å². The van der Waals surface area contributed by atoms with E-state index in [1.54, 1.807) is 24.3 Å². The maximum Gasteiger partial charge on any atom is 0.436 e. The summed E-state index contributed by atoms with van der Waals surface area (Å²) in [6, 6.07) is 14.4. The number of rotatable bonds is 6. The van der Waals surface area contributed by atoms with Gasteiger partial charge in [-0.1, -0.05) is 47.1 Å². The molecule has 0 unspecified atom stereocenters. The minimum atomic E-state index is -4.68. The molecule has 10 heteroatoms. The van der Waals surface area contributed by atoms with Crippen molar-refractivity contribution >= 4 is 46.6 Å². The van der Waals surface area contributed by atoms with Gasteiger partial charge in [-0.15, -0.1) is 0 Å². The zero-order chi connectivity index (χ0) is 22.2.